The van der Waals surface area contributed by atoms with Crippen molar-refractivity contribution in [1.29, 1.82) is 0 Å². The molecule has 0 bridgehead atoms. The summed E-state index contributed by atoms with van der Waals surface area (Å²) in [6.45, 7) is 1.59. The molecule has 2 aromatic rings. The Morgan fingerprint density at radius 3 is 2.41 bits per heavy atom. The van der Waals surface area contributed by atoms with Crippen LogP contribution in [0, 0.1) is 0 Å². The van der Waals surface area contributed by atoms with Crippen LogP contribution in [0.15, 0.2) is 59.5 Å². The number of carbonyl (C=O) groups is 2. The monoisotopic (exact) mass is 389 g/mol. The molecule has 1 amide bonds. The van der Waals surface area contributed by atoms with Crippen LogP contribution in [0.2, 0.25) is 0 Å². The predicted molar refractivity (Wildman–Crippen MR) is 102 cm³/mol. The van der Waals surface area contributed by atoms with Crippen LogP contribution in [0.25, 0.3) is 0 Å². The Bertz CT molecular complexity index is 894. The van der Waals surface area contributed by atoms with E-state index in [0.717, 1.165) is 24.7 Å². The van der Waals surface area contributed by atoms with E-state index in [1.807, 2.05) is 37.3 Å². The number of benzene rings is 2. The van der Waals surface area contributed by atoms with E-state index >= 15 is 0 Å². The molecule has 0 fully saturated rings. The van der Waals surface area contributed by atoms with Gasteiger partial charge in [0.15, 0.2) is 16.4 Å². The van der Waals surface area contributed by atoms with Crippen molar-refractivity contribution in [3.8, 4) is 0 Å². The first-order valence-electron chi connectivity index (χ1n) is 8.63. The van der Waals surface area contributed by atoms with E-state index in [1.165, 1.54) is 24.3 Å². The Hall–Kier alpha value is -2.67. The Morgan fingerprint density at radius 1 is 1.07 bits per heavy atom. The summed E-state index contributed by atoms with van der Waals surface area (Å²) in [5.41, 5.74) is 1.07. The van der Waals surface area contributed by atoms with Crippen LogP contribution in [0.5, 0.6) is 0 Å². The van der Waals surface area contributed by atoms with E-state index < -0.39 is 28.3 Å². The lowest BCUT2D eigenvalue weighted by Crippen LogP contribution is -2.32. The zero-order chi connectivity index (χ0) is 19.9. The first kappa shape index (κ1) is 20.6. The minimum absolute atomic E-state index is 0.0217. The van der Waals surface area contributed by atoms with Crippen LogP contribution < -0.4 is 5.32 Å². The number of carbonyl (C=O) groups excluding carboxylic acids is 2. The Labute approximate surface area is 159 Å². The van der Waals surface area contributed by atoms with Gasteiger partial charge >= 0.3 is 5.97 Å². The Balaban J connectivity index is 1.97. The van der Waals surface area contributed by atoms with Crippen molar-refractivity contribution in [1.82, 2.24) is 5.32 Å². The molecular formula is C20H23NO5S. The van der Waals surface area contributed by atoms with Crippen molar-refractivity contribution in [3.05, 3.63) is 65.7 Å². The fourth-order valence-electron chi connectivity index (χ4n) is 2.60. The number of esters is 1. The van der Waals surface area contributed by atoms with E-state index in [9.17, 15) is 18.0 Å². The van der Waals surface area contributed by atoms with Gasteiger partial charge in [-0.1, -0.05) is 49.7 Å². The average molecular weight is 389 g/mol. The van der Waals surface area contributed by atoms with Gasteiger partial charge in [0.25, 0.3) is 5.91 Å². The standard InChI is InChI=1S/C20H23NO5S/c1-3-8-18(15-9-5-4-6-10-15)21-19(22)14-26-20(23)16-11-7-12-17(13-16)27(2,24)25/h4-7,9-13,18H,3,8,14H2,1-2H3,(H,21,22). The number of amides is 1. The highest BCUT2D eigenvalue weighted by molar-refractivity contribution is 7.90. The predicted octanol–water partition coefficient (Wildman–Crippen LogP) is 2.90. The molecule has 2 rings (SSSR count). The third-order valence-electron chi connectivity index (χ3n) is 3.95. The van der Waals surface area contributed by atoms with Crippen LogP contribution in [0.3, 0.4) is 0 Å². The van der Waals surface area contributed by atoms with Crippen molar-refractivity contribution in [2.24, 2.45) is 0 Å². The molecule has 0 spiro atoms. The summed E-state index contributed by atoms with van der Waals surface area (Å²) in [6.07, 6.45) is 2.71. The molecular weight excluding hydrogens is 366 g/mol. The molecule has 0 aromatic heterocycles. The third kappa shape index (κ3) is 6.21. The summed E-state index contributed by atoms with van der Waals surface area (Å²) < 4.78 is 28.2. The van der Waals surface area contributed by atoms with Gasteiger partial charge in [0.2, 0.25) is 0 Å². The molecule has 1 atom stereocenters. The fourth-order valence-corrected chi connectivity index (χ4v) is 3.27. The number of nitrogens with one attached hydrogen (secondary N) is 1. The highest BCUT2D eigenvalue weighted by atomic mass is 32.2. The number of sulfone groups is 1. The molecule has 0 saturated carbocycles. The van der Waals surface area contributed by atoms with Gasteiger partial charge in [-0.25, -0.2) is 13.2 Å². The summed E-state index contributed by atoms with van der Waals surface area (Å²) in [7, 11) is -3.43. The summed E-state index contributed by atoms with van der Waals surface area (Å²) in [4.78, 5) is 24.3. The maximum atomic E-state index is 12.2. The summed E-state index contributed by atoms with van der Waals surface area (Å²) in [6, 6.07) is 15.0. The number of hydrogen-bond donors (Lipinski definition) is 1. The lowest BCUT2D eigenvalue weighted by atomic mass is 10.0. The molecule has 1 unspecified atom stereocenters. The largest absolute Gasteiger partial charge is 0.452 e. The molecule has 7 heteroatoms. The summed E-state index contributed by atoms with van der Waals surface area (Å²) in [5, 5.41) is 2.86. The fraction of sp³-hybridized carbons (Fsp3) is 0.300. The minimum Gasteiger partial charge on any atom is -0.452 e. The van der Waals surface area contributed by atoms with Gasteiger partial charge in [-0.3, -0.25) is 4.79 Å². The third-order valence-corrected chi connectivity index (χ3v) is 5.06. The molecule has 0 saturated heterocycles. The Kier molecular flexibility index (Phi) is 7.12. The topological polar surface area (TPSA) is 89.5 Å². The van der Waals surface area contributed by atoms with Gasteiger partial charge in [-0.15, -0.1) is 0 Å². The molecule has 0 aliphatic rings. The zero-order valence-corrected chi connectivity index (χ0v) is 16.2. The van der Waals surface area contributed by atoms with Crippen molar-refractivity contribution in [3.63, 3.8) is 0 Å². The molecule has 0 aliphatic carbocycles. The summed E-state index contributed by atoms with van der Waals surface area (Å²) in [5.74, 6) is -1.16. The first-order chi connectivity index (χ1) is 12.8. The number of hydrogen-bond acceptors (Lipinski definition) is 5. The molecule has 1 N–H and O–H groups in total. The molecule has 144 valence electrons. The van der Waals surface area contributed by atoms with Gasteiger partial charge in [0, 0.05) is 6.26 Å². The van der Waals surface area contributed by atoms with E-state index in [1.54, 1.807) is 0 Å². The van der Waals surface area contributed by atoms with Crippen LogP contribution in [-0.4, -0.2) is 33.2 Å². The maximum absolute atomic E-state index is 12.2. The average Bonchev–Trinajstić information content (AvgIpc) is 2.66. The lowest BCUT2D eigenvalue weighted by Gasteiger charge is -2.18. The van der Waals surface area contributed by atoms with E-state index in [-0.39, 0.29) is 16.5 Å². The van der Waals surface area contributed by atoms with Gasteiger partial charge in [-0.2, -0.15) is 0 Å². The molecule has 6 nitrogen and oxygen atoms in total. The van der Waals surface area contributed by atoms with Gasteiger partial charge < -0.3 is 10.1 Å². The van der Waals surface area contributed by atoms with Crippen LogP contribution in [0.1, 0.15) is 41.7 Å². The Morgan fingerprint density at radius 2 is 1.78 bits per heavy atom. The van der Waals surface area contributed by atoms with Crippen LogP contribution in [0.4, 0.5) is 0 Å². The van der Waals surface area contributed by atoms with E-state index in [2.05, 4.69) is 5.32 Å². The first-order valence-corrected chi connectivity index (χ1v) is 10.5. The molecule has 2 aromatic carbocycles. The van der Waals surface area contributed by atoms with Crippen molar-refractivity contribution >= 4 is 21.7 Å². The van der Waals surface area contributed by atoms with Crippen LogP contribution in [-0.2, 0) is 19.4 Å². The van der Waals surface area contributed by atoms with Gasteiger partial charge in [-0.05, 0) is 30.2 Å². The van der Waals surface area contributed by atoms with Crippen molar-refractivity contribution < 1.29 is 22.7 Å². The van der Waals surface area contributed by atoms with E-state index in [4.69, 9.17) is 4.74 Å². The normalized spacial score (nSPS) is 12.2. The lowest BCUT2D eigenvalue weighted by molar-refractivity contribution is -0.125. The van der Waals surface area contributed by atoms with Crippen LogP contribution >= 0.6 is 0 Å². The SMILES string of the molecule is CCCC(NC(=O)COC(=O)c1cccc(S(C)(=O)=O)c1)c1ccccc1. The molecule has 27 heavy (non-hydrogen) atoms. The molecule has 0 heterocycles. The maximum Gasteiger partial charge on any atom is 0.338 e. The highest BCUT2D eigenvalue weighted by Gasteiger charge is 2.17. The second-order valence-electron chi connectivity index (χ2n) is 6.20. The van der Waals surface area contributed by atoms with E-state index in [0.29, 0.717) is 0 Å². The summed E-state index contributed by atoms with van der Waals surface area (Å²) >= 11 is 0. The second-order valence-corrected chi connectivity index (χ2v) is 8.21. The minimum atomic E-state index is -3.43. The smallest absolute Gasteiger partial charge is 0.338 e. The zero-order valence-electron chi connectivity index (χ0n) is 15.3. The quantitative estimate of drug-likeness (QED) is 0.701. The van der Waals surface area contributed by atoms with Crippen molar-refractivity contribution in [2.75, 3.05) is 12.9 Å². The van der Waals surface area contributed by atoms with Gasteiger partial charge in [0.05, 0.1) is 16.5 Å². The number of rotatable bonds is 8. The van der Waals surface area contributed by atoms with Crippen molar-refractivity contribution in [2.45, 2.75) is 30.7 Å². The second kappa shape index (κ2) is 9.32. The number of ether oxygens (including phenoxy) is 1. The van der Waals surface area contributed by atoms with Gasteiger partial charge in [0.1, 0.15) is 0 Å². The molecule has 0 aliphatic heterocycles. The molecule has 0 radical (unpaired) electrons. The highest BCUT2D eigenvalue weighted by Crippen LogP contribution is 2.18.